The number of nitrogens with zero attached hydrogens (tertiary/aromatic N) is 3. The van der Waals surface area contributed by atoms with Crippen molar-refractivity contribution in [3.63, 3.8) is 0 Å². The number of nitrogens with two attached hydrogens (primary N) is 1. The molecule has 6 heteroatoms. The third-order valence-corrected chi connectivity index (χ3v) is 3.72. The van der Waals surface area contributed by atoms with E-state index < -0.39 is 0 Å². The van der Waals surface area contributed by atoms with E-state index in [1.807, 2.05) is 11.0 Å². The maximum Gasteiger partial charge on any atom is 0.255 e. The third kappa shape index (κ3) is 3.26. The van der Waals surface area contributed by atoms with Crippen LogP contribution in [-0.2, 0) is 4.79 Å². The van der Waals surface area contributed by atoms with Gasteiger partial charge >= 0.3 is 0 Å². The largest absolute Gasteiger partial charge is 0.399 e. The molecule has 0 aliphatic carbocycles. The summed E-state index contributed by atoms with van der Waals surface area (Å²) >= 11 is 0. The van der Waals surface area contributed by atoms with E-state index >= 15 is 0 Å². The van der Waals surface area contributed by atoms with Crippen LogP contribution in [0.15, 0.2) is 18.2 Å². The predicted octanol–water partition coefficient (Wildman–Crippen LogP) is 0.639. The van der Waals surface area contributed by atoms with Gasteiger partial charge < -0.3 is 20.4 Å². The monoisotopic (exact) mass is 290 g/mol. The van der Waals surface area contributed by atoms with Gasteiger partial charge in [-0.25, -0.2) is 0 Å². The Kier molecular flexibility index (Phi) is 4.35. The van der Waals surface area contributed by atoms with Crippen molar-refractivity contribution >= 4 is 23.2 Å². The topological polar surface area (TPSA) is 69.9 Å². The maximum absolute atomic E-state index is 12.3. The molecule has 1 heterocycles. The van der Waals surface area contributed by atoms with Gasteiger partial charge in [-0.15, -0.1) is 0 Å². The van der Waals surface area contributed by atoms with E-state index in [0.29, 0.717) is 37.4 Å². The second-order valence-corrected chi connectivity index (χ2v) is 5.47. The average Bonchev–Trinajstić information content (AvgIpc) is 2.46. The van der Waals surface area contributed by atoms with E-state index in [1.54, 1.807) is 38.1 Å². The molecule has 1 saturated heterocycles. The highest BCUT2D eigenvalue weighted by molar-refractivity contribution is 6.00. The highest BCUT2D eigenvalue weighted by atomic mass is 16.2. The molecule has 1 aromatic carbocycles. The van der Waals surface area contributed by atoms with Crippen LogP contribution in [0.2, 0.25) is 0 Å². The zero-order valence-corrected chi connectivity index (χ0v) is 12.8. The van der Waals surface area contributed by atoms with Crippen LogP contribution in [0.25, 0.3) is 0 Å². The SMILES string of the molecule is CC(=O)N1CCN(c2cc(N)ccc2C(=O)N(C)C)CC1. The fourth-order valence-corrected chi connectivity index (χ4v) is 2.49. The van der Waals surface area contributed by atoms with Crippen molar-refractivity contribution in [2.45, 2.75) is 6.92 Å². The lowest BCUT2D eigenvalue weighted by atomic mass is 10.1. The van der Waals surface area contributed by atoms with Crippen LogP contribution in [-0.4, -0.2) is 61.9 Å². The number of nitrogen functional groups attached to an aromatic ring is 1. The van der Waals surface area contributed by atoms with Gasteiger partial charge in [-0.1, -0.05) is 0 Å². The Bertz CT molecular complexity index is 549. The molecule has 1 aliphatic heterocycles. The molecule has 0 unspecified atom stereocenters. The zero-order valence-electron chi connectivity index (χ0n) is 12.8. The number of carbonyl (C=O) groups excluding carboxylic acids is 2. The van der Waals surface area contributed by atoms with E-state index in [9.17, 15) is 9.59 Å². The maximum atomic E-state index is 12.3. The van der Waals surface area contributed by atoms with E-state index in [0.717, 1.165) is 5.69 Å². The fraction of sp³-hybridized carbons (Fsp3) is 0.467. The minimum absolute atomic E-state index is 0.0426. The molecule has 0 radical (unpaired) electrons. The molecule has 0 aromatic heterocycles. The molecule has 0 spiro atoms. The first-order valence-corrected chi connectivity index (χ1v) is 7.02. The quantitative estimate of drug-likeness (QED) is 0.812. The smallest absolute Gasteiger partial charge is 0.255 e. The van der Waals surface area contributed by atoms with Crippen LogP contribution in [0.4, 0.5) is 11.4 Å². The van der Waals surface area contributed by atoms with Crippen molar-refractivity contribution in [2.24, 2.45) is 0 Å². The van der Waals surface area contributed by atoms with Crippen LogP contribution < -0.4 is 10.6 Å². The summed E-state index contributed by atoms with van der Waals surface area (Å²) < 4.78 is 0. The summed E-state index contributed by atoms with van der Waals surface area (Å²) in [6.45, 7) is 4.32. The lowest BCUT2D eigenvalue weighted by Crippen LogP contribution is -2.48. The summed E-state index contributed by atoms with van der Waals surface area (Å²) in [5, 5.41) is 0. The number of carbonyl (C=O) groups is 2. The Labute approximate surface area is 125 Å². The van der Waals surface area contributed by atoms with Crippen molar-refractivity contribution in [2.75, 3.05) is 50.9 Å². The highest BCUT2D eigenvalue weighted by Gasteiger charge is 2.23. The number of amides is 2. The second-order valence-electron chi connectivity index (χ2n) is 5.47. The van der Waals surface area contributed by atoms with Gasteiger partial charge in [0.1, 0.15) is 0 Å². The molecule has 21 heavy (non-hydrogen) atoms. The van der Waals surface area contributed by atoms with Gasteiger partial charge in [0.25, 0.3) is 5.91 Å². The van der Waals surface area contributed by atoms with Crippen LogP contribution >= 0.6 is 0 Å². The standard InChI is InChI=1S/C15H22N4O2/c1-11(20)18-6-8-19(9-7-18)14-10-12(16)4-5-13(14)15(21)17(2)3/h4-5,10H,6-9,16H2,1-3H3. The van der Waals surface area contributed by atoms with E-state index in [2.05, 4.69) is 4.90 Å². The van der Waals surface area contributed by atoms with Crippen molar-refractivity contribution in [1.82, 2.24) is 9.80 Å². The molecule has 1 aliphatic rings. The van der Waals surface area contributed by atoms with Gasteiger partial charge in [0, 0.05) is 52.9 Å². The minimum Gasteiger partial charge on any atom is -0.399 e. The third-order valence-electron chi connectivity index (χ3n) is 3.72. The predicted molar refractivity (Wildman–Crippen MR) is 83.3 cm³/mol. The molecule has 2 N–H and O–H groups in total. The number of piperazine rings is 1. The van der Waals surface area contributed by atoms with Crippen molar-refractivity contribution < 1.29 is 9.59 Å². The Morgan fingerprint density at radius 1 is 1.14 bits per heavy atom. The molecule has 2 rings (SSSR count). The lowest BCUT2D eigenvalue weighted by Gasteiger charge is -2.36. The summed E-state index contributed by atoms with van der Waals surface area (Å²) in [4.78, 5) is 29.2. The van der Waals surface area contributed by atoms with Crippen molar-refractivity contribution in [3.8, 4) is 0 Å². The van der Waals surface area contributed by atoms with Crippen LogP contribution in [0.5, 0.6) is 0 Å². The van der Waals surface area contributed by atoms with Crippen LogP contribution in [0, 0.1) is 0 Å². The summed E-state index contributed by atoms with van der Waals surface area (Å²) in [7, 11) is 3.46. The van der Waals surface area contributed by atoms with E-state index in [4.69, 9.17) is 5.73 Å². The molecule has 0 saturated carbocycles. The zero-order chi connectivity index (χ0) is 15.6. The number of hydrogen-bond acceptors (Lipinski definition) is 4. The summed E-state index contributed by atoms with van der Waals surface area (Å²) in [5.41, 5.74) is 7.99. The van der Waals surface area contributed by atoms with E-state index in [1.165, 1.54) is 0 Å². The van der Waals surface area contributed by atoms with Crippen molar-refractivity contribution in [1.29, 1.82) is 0 Å². The summed E-state index contributed by atoms with van der Waals surface area (Å²) in [6.07, 6.45) is 0. The molecule has 1 aromatic rings. The average molecular weight is 290 g/mol. The number of anilines is 2. The Hall–Kier alpha value is -2.24. The normalized spacial score (nSPS) is 15.0. The number of rotatable bonds is 2. The Morgan fingerprint density at radius 3 is 2.29 bits per heavy atom. The Balaban J connectivity index is 2.25. The first-order chi connectivity index (χ1) is 9.90. The van der Waals surface area contributed by atoms with Gasteiger partial charge in [0.15, 0.2) is 0 Å². The fourth-order valence-electron chi connectivity index (χ4n) is 2.49. The Morgan fingerprint density at radius 2 is 1.76 bits per heavy atom. The second kappa shape index (κ2) is 6.03. The summed E-state index contributed by atoms with van der Waals surface area (Å²) in [5.74, 6) is 0.0471. The molecule has 2 amide bonds. The van der Waals surface area contributed by atoms with Gasteiger partial charge in [-0.3, -0.25) is 9.59 Å². The molecule has 114 valence electrons. The van der Waals surface area contributed by atoms with Crippen LogP contribution in [0.1, 0.15) is 17.3 Å². The molecular weight excluding hydrogens is 268 g/mol. The first kappa shape index (κ1) is 15.2. The van der Waals surface area contributed by atoms with Gasteiger partial charge in [0.05, 0.1) is 11.3 Å². The van der Waals surface area contributed by atoms with Gasteiger partial charge in [-0.2, -0.15) is 0 Å². The van der Waals surface area contributed by atoms with Gasteiger partial charge in [0.2, 0.25) is 5.91 Å². The minimum atomic E-state index is -0.0426. The van der Waals surface area contributed by atoms with Crippen molar-refractivity contribution in [3.05, 3.63) is 23.8 Å². The van der Waals surface area contributed by atoms with E-state index in [-0.39, 0.29) is 11.8 Å². The number of benzene rings is 1. The molecular formula is C15H22N4O2. The molecule has 1 fully saturated rings. The molecule has 0 atom stereocenters. The van der Waals surface area contributed by atoms with Crippen LogP contribution in [0.3, 0.4) is 0 Å². The number of hydrogen-bond donors (Lipinski definition) is 1. The first-order valence-electron chi connectivity index (χ1n) is 7.02. The lowest BCUT2D eigenvalue weighted by molar-refractivity contribution is -0.129. The highest BCUT2D eigenvalue weighted by Crippen LogP contribution is 2.25. The molecule has 0 bridgehead atoms. The van der Waals surface area contributed by atoms with Gasteiger partial charge in [-0.05, 0) is 18.2 Å². The molecule has 6 nitrogen and oxygen atoms in total. The summed E-state index contributed by atoms with van der Waals surface area (Å²) in [6, 6.07) is 5.34.